The van der Waals surface area contributed by atoms with Crippen LogP contribution in [0.25, 0.3) is 0 Å². The predicted octanol–water partition coefficient (Wildman–Crippen LogP) is 2.74. The van der Waals surface area contributed by atoms with Gasteiger partial charge < -0.3 is 0 Å². The fourth-order valence-electron chi connectivity index (χ4n) is 2.06. The van der Waals surface area contributed by atoms with Crippen molar-refractivity contribution in [3.8, 4) is 0 Å². The van der Waals surface area contributed by atoms with Crippen LogP contribution >= 0.6 is 11.8 Å². The van der Waals surface area contributed by atoms with Crippen LogP contribution in [0.1, 0.15) is 12.0 Å². The van der Waals surface area contributed by atoms with E-state index in [-0.39, 0.29) is 23.7 Å². The summed E-state index contributed by atoms with van der Waals surface area (Å²) in [4.78, 5) is 21.0. The Bertz CT molecular complexity index is 513. The van der Waals surface area contributed by atoms with Gasteiger partial charge in [0.05, 0.1) is 4.92 Å². The van der Waals surface area contributed by atoms with Gasteiger partial charge in [-0.05, 0) is 24.1 Å². The van der Waals surface area contributed by atoms with Crippen LogP contribution in [0.2, 0.25) is 0 Å². The van der Waals surface area contributed by atoms with E-state index in [2.05, 4.69) is 0 Å². The number of Topliss-reactive ketones (excluding diaryl/α,β-unsaturated/α-hetero) is 1. The van der Waals surface area contributed by atoms with Crippen molar-refractivity contribution in [3.63, 3.8) is 0 Å². The van der Waals surface area contributed by atoms with Crippen LogP contribution in [0.15, 0.2) is 12.1 Å². The predicted molar refractivity (Wildman–Crippen MR) is 67.2 cm³/mol. The minimum absolute atomic E-state index is 0.0814. The molecule has 1 heterocycles. The van der Waals surface area contributed by atoms with Gasteiger partial charge in [-0.25, -0.2) is 0 Å². The molecule has 1 aliphatic heterocycles. The van der Waals surface area contributed by atoms with Gasteiger partial charge in [-0.1, -0.05) is 0 Å². The zero-order chi connectivity index (χ0) is 14.0. The maximum Gasteiger partial charge on any atom is 0.340 e. The van der Waals surface area contributed by atoms with Crippen molar-refractivity contribution in [3.05, 3.63) is 39.4 Å². The Morgan fingerprint density at radius 3 is 2.53 bits per heavy atom. The minimum atomic E-state index is -1.20. The molecule has 19 heavy (non-hydrogen) atoms. The molecule has 0 amide bonds. The zero-order valence-corrected chi connectivity index (χ0v) is 10.7. The van der Waals surface area contributed by atoms with Crippen molar-refractivity contribution >= 4 is 23.2 Å². The van der Waals surface area contributed by atoms with Crippen LogP contribution in [-0.4, -0.2) is 22.2 Å². The summed E-state index contributed by atoms with van der Waals surface area (Å²) >= 11 is 1.63. The lowest BCUT2D eigenvalue weighted by Gasteiger charge is -2.20. The summed E-state index contributed by atoms with van der Waals surface area (Å²) in [7, 11) is 0. The number of carbonyl (C=O) groups excluding carboxylic acids is 1. The molecule has 1 aromatic rings. The van der Waals surface area contributed by atoms with Crippen LogP contribution in [0.5, 0.6) is 0 Å². The molecule has 102 valence electrons. The number of ketones is 1. The number of hydrogen-bond donors (Lipinski definition) is 0. The molecule has 0 saturated carbocycles. The van der Waals surface area contributed by atoms with Crippen molar-refractivity contribution in [2.75, 3.05) is 11.5 Å². The Hall–Kier alpha value is -1.50. The second kappa shape index (κ2) is 5.64. The van der Waals surface area contributed by atoms with Crippen LogP contribution in [-0.2, 0) is 11.2 Å². The van der Waals surface area contributed by atoms with E-state index in [0.717, 1.165) is 17.9 Å². The van der Waals surface area contributed by atoms with Gasteiger partial charge >= 0.3 is 5.69 Å². The van der Waals surface area contributed by atoms with Crippen LogP contribution in [0.3, 0.4) is 0 Å². The Morgan fingerprint density at radius 2 is 2.00 bits per heavy atom. The number of benzene rings is 1. The summed E-state index contributed by atoms with van der Waals surface area (Å²) in [6.45, 7) is 0. The first kappa shape index (κ1) is 13.9. The van der Waals surface area contributed by atoms with E-state index in [0.29, 0.717) is 12.2 Å². The SMILES string of the molecule is O=C1CCSCC1Cc1cc(F)c([N+](=O)[O-])c(F)c1. The van der Waals surface area contributed by atoms with Crippen molar-refractivity contribution in [1.29, 1.82) is 0 Å². The van der Waals surface area contributed by atoms with Gasteiger partial charge in [-0.3, -0.25) is 14.9 Å². The topological polar surface area (TPSA) is 60.2 Å². The molecule has 1 fully saturated rings. The Balaban J connectivity index is 2.22. The number of nitrogens with zero attached hydrogens (tertiary/aromatic N) is 1. The smallest absolute Gasteiger partial charge is 0.299 e. The quantitative estimate of drug-likeness (QED) is 0.633. The fourth-order valence-corrected chi connectivity index (χ4v) is 3.16. The van der Waals surface area contributed by atoms with E-state index in [9.17, 15) is 23.7 Å². The fraction of sp³-hybridized carbons (Fsp3) is 0.417. The highest BCUT2D eigenvalue weighted by molar-refractivity contribution is 7.99. The van der Waals surface area contributed by atoms with Gasteiger partial charge in [-0.15, -0.1) is 0 Å². The van der Waals surface area contributed by atoms with Crippen LogP contribution < -0.4 is 0 Å². The first-order chi connectivity index (χ1) is 8.99. The average Bonchev–Trinajstić information content (AvgIpc) is 2.30. The summed E-state index contributed by atoms with van der Waals surface area (Å²) in [5.74, 6) is -1.18. The Kier molecular flexibility index (Phi) is 4.14. The number of carbonyl (C=O) groups is 1. The second-order valence-electron chi connectivity index (χ2n) is 4.36. The lowest BCUT2D eigenvalue weighted by Crippen LogP contribution is -2.24. The van der Waals surface area contributed by atoms with Crippen molar-refractivity contribution in [2.45, 2.75) is 12.8 Å². The molecule has 0 radical (unpaired) electrons. The standard InChI is InChI=1S/C12H11F2NO3S/c13-9-4-7(5-10(14)12(9)15(17)18)3-8-6-19-2-1-11(8)16/h4-5,8H,1-3,6H2. The number of thioether (sulfide) groups is 1. The highest BCUT2D eigenvalue weighted by Gasteiger charge is 2.26. The highest BCUT2D eigenvalue weighted by Crippen LogP contribution is 2.27. The van der Waals surface area contributed by atoms with Crippen LogP contribution in [0.4, 0.5) is 14.5 Å². The molecule has 1 atom stereocenters. The molecule has 1 unspecified atom stereocenters. The number of hydrogen-bond acceptors (Lipinski definition) is 4. The Morgan fingerprint density at radius 1 is 1.37 bits per heavy atom. The molecule has 0 N–H and O–H groups in total. The average molecular weight is 287 g/mol. The molecule has 0 aliphatic carbocycles. The summed E-state index contributed by atoms with van der Waals surface area (Å²) in [6, 6.07) is 1.88. The van der Waals surface area contributed by atoms with E-state index in [1.165, 1.54) is 0 Å². The third kappa shape index (κ3) is 3.09. The van der Waals surface area contributed by atoms with E-state index < -0.39 is 22.2 Å². The lowest BCUT2D eigenvalue weighted by molar-refractivity contribution is -0.390. The normalized spacial score (nSPS) is 19.5. The van der Waals surface area contributed by atoms with Gasteiger partial charge in [-0.2, -0.15) is 20.5 Å². The van der Waals surface area contributed by atoms with E-state index in [1.807, 2.05) is 0 Å². The van der Waals surface area contributed by atoms with Gasteiger partial charge in [0, 0.05) is 23.8 Å². The highest BCUT2D eigenvalue weighted by atomic mass is 32.2. The molecule has 2 rings (SSSR count). The molecular weight excluding hydrogens is 276 g/mol. The summed E-state index contributed by atoms with van der Waals surface area (Å²) in [6.07, 6.45) is 0.685. The number of rotatable bonds is 3. The first-order valence-corrected chi connectivity index (χ1v) is 6.87. The molecule has 4 nitrogen and oxygen atoms in total. The second-order valence-corrected chi connectivity index (χ2v) is 5.51. The largest absolute Gasteiger partial charge is 0.340 e. The molecule has 1 aromatic carbocycles. The summed E-state index contributed by atoms with van der Waals surface area (Å²) in [5, 5.41) is 10.5. The number of nitro benzene ring substituents is 1. The Labute approximate surface area is 112 Å². The molecule has 7 heteroatoms. The third-order valence-electron chi connectivity index (χ3n) is 3.01. The van der Waals surface area contributed by atoms with Crippen molar-refractivity contribution < 1.29 is 18.5 Å². The monoisotopic (exact) mass is 287 g/mol. The molecule has 0 spiro atoms. The molecule has 0 aromatic heterocycles. The van der Waals surface area contributed by atoms with Crippen LogP contribution in [0, 0.1) is 27.7 Å². The number of nitro groups is 1. The third-order valence-corrected chi connectivity index (χ3v) is 4.14. The minimum Gasteiger partial charge on any atom is -0.299 e. The molecule has 1 saturated heterocycles. The van der Waals surface area contributed by atoms with Gasteiger partial charge in [0.25, 0.3) is 0 Å². The molecule has 1 aliphatic rings. The lowest BCUT2D eigenvalue weighted by atomic mass is 9.95. The van der Waals surface area contributed by atoms with Gasteiger partial charge in [0.15, 0.2) is 0 Å². The molecule has 0 bridgehead atoms. The zero-order valence-electron chi connectivity index (χ0n) is 9.90. The van der Waals surface area contributed by atoms with Crippen molar-refractivity contribution in [1.82, 2.24) is 0 Å². The number of halogens is 2. The maximum absolute atomic E-state index is 13.4. The van der Waals surface area contributed by atoms with E-state index in [4.69, 9.17) is 0 Å². The maximum atomic E-state index is 13.4. The summed E-state index contributed by atoms with van der Waals surface area (Å²) in [5.41, 5.74) is -0.866. The first-order valence-electron chi connectivity index (χ1n) is 5.72. The van der Waals surface area contributed by atoms with Gasteiger partial charge in [0.2, 0.25) is 11.6 Å². The van der Waals surface area contributed by atoms with E-state index in [1.54, 1.807) is 11.8 Å². The summed E-state index contributed by atoms with van der Waals surface area (Å²) < 4.78 is 26.9. The van der Waals surface area contributed by atoms with E-state index >= 15 is 0 Å². The van der Waals surface area contributed by atoms with Gasteiger partial charge in [0.1, 0.15) is 5.78 Å². The van der Waals surface area contributed by atoms with Crippen molar-refractivity contribution in [2.24, 2.45) is 5.92 Å². The molecular formula is C12H11F2NO3S.